The molecule has 3 heterocycles. The number of nitrogens with two attached hydrogens (primary N) is 1. The number of anilines is 2. The number of benzene rings is 2. The van der Waals surface area contributed by atoms with Gasteiger partial charge in [0.2, 0.25) is 29.5 Å². The molecule has 2 saturated heterocycles. The summed E-state index contributed by atoms with van der Waals surface area (Å²) in [5, 5.41) is 28.8. The Bertz CT molecular complexity index is 3190. The fourth-order valence-corrected chi connectivity index (χ4v) is 13.5. The number of nitrogens with zero attached hydrogens (tertiary/aromatic N) is 2. The van der Waals surface area contributed by atoms with Crippen LogP contribution in [-0.2, 0) is 64.0 Å². The minimum absolute atomic E-state index is 0.000204. The van der Waals surface area contributed by atoms with Crippen LogP contribution >= 0.6 is 43.5 Å². The molecule has 5 rings (SSSR count). The standard InChI is InChI=1S/C61H86Br2ClN9O17S/c1-33(2)51(70-48(74)20-13-12-14-23-66-53(76)39(31-62)32-63)55(78)69-41(18-16-24-67-58(65)81)54(77)68-40-22-21-38(28-45(40)91(11,84)85)56(79)72(7)36(5)57(80)89-47-29-49(75)73(8)42-26-37(27-43(86-9)50(42)64)25-34(3)17-15-19-46(87-10)61(83)30-44(88-59(82)71-61)35(4)52-60(47,6)90-52/h15,17,19,21-22,26-28,33,35-36,39,41,44,46-47,51-52,83H,12-14,16,18,20,23-25,29-32H2,1-11H3,(H,66,76)(H,68,77)(H,69,78)(H,70,74)(H,71,82)(H3,65,67,81)/b19-15+,34-17+/t35-,36+,41+,44+,46-,47+,51+,52+,60+,61+/m1/s1. The second kappa shape index (κ2) is 33.5. The normalized spacial score (nSPS) is 23.7. The number of methoxy groups -OCH3 is 2. The summed E-state index contributed by atoms with van der Waals surface area (Å²) >= 11 is 13.5. The Hall–Kier alpha value is -6.37. The van der Waals surface area contributed by atoms with Crippen LogP contribution in [0, 0.1) is 17.8 Å². The first kappa shape index (κ1) is 75.4. The predicted molar refractivity (Wildman–Crippen MR) is 347 cm³/mol. The van der Waals surface area contributed by atoms with Gasteiger partial charge in [0, 0.05) is 75.5 Å². The number of hydrogen-bond donors (Lipinski definition) is 8. The molecule has 2 aromatic carbocycles. The number of carbonyl (C=O) groups excluding carboxylic acids is 9. The molecule has 30 heteroatoms. The lowest BCUT2D eigenvalue weighted by Crippen LogP contribution is -2.63. The number of unbranched alkanes of at least 4 members (excludes halogenated alkanes) is 2. The number of epoxide rings is 1. The van der Waals surface area contributed by atoms with Crippen molar-refractivity contribution in [2.45, 2.75) is 158 Å². The molecular formula is C61H86Br2ClN9O17S. The first-order chi connectivity index (χ1) is 42.7. The summed E-state index contributed by atoms with van der Waals surface area (Å²) in [4.78, 5) is 123. The number of nitrogens with one attached hydrogen (secondary N) is 6. The molecule has 3 aliphatic rings. The Morgan fingerprint density at radius 3 is 2.27 bits per heavy atom. The van der Waals surface area contributed by atoms with E-state index in [4.69, 9.17) is 41.0 Å². The van der Waals surface area contributed by atoms with Crippen LogP contribution in [0.15, 0.2) is 59.0 Å². The van der Waals surface area contributed by atoms with Gasteiger partial charge in [-0.25, -0.2) is 22.8 Å². The van der Waals surface area contributed by atoms with Crippen LogP contribution in [0.2, 0.25) is 5.02 Å². The zero-order valence-electron chi connectivity index (χ0n) is 53.1. The van der Waals surface area contributed by atoms with Crippen LogP contribution in [0.3, 0.4) is 0 Å². The van der Waals surface area contributed by atoms with Crippen molar-refractivity contribution in [3.8, 4) is 5.75 Å². The number of amides is 9. The van der Waals surface area contributed by atoms with E-state index < -0.39 is 134 Å². The first-order valence-corrected chi connectivity index (χ1v) is 34.3. The summed E-state index contributed by atoms with van der Waals surface area (Å²) in [6.07, 6.45) is 2.22. The quantitative estimate of drug-likeness (QED) is 0.0255. The molecular weight excluding hydrogens is 1360 g/mol. The summed E-state index contributed by atoms with van der Waals surface area (Å²) in [7, 11) is 1.31. The lowest BCUT2D eigenvalue weighted by molar-refractivity contribution is -0.158. The highest BCUT2D eigenvalue weighted by Gasteiger charge is 2.64. The van der Waals surface area contributed by atoms with Crippen molar-refractivity contribution in [2.75, 3.05) is 68.5 Å². The minimum atomic E-state index is -4.27. The second-order valence-corrected chi connectivity index (χ2v) is 27.3. The second-order valence-electron chi connectivity index (χ2n) is 23.7. The zero-order chi connectivity index (χ0) is 67.9. The molecule has 4 bridgehead atoms. The molecule has 0 radical (unpaired) electrons. The summed E-state index contributed by atoms with van der Waals surface area (Å²) in [5.41, 5.74) is 3.18. The van der Waals surface area contributed by atoms with Gasteiger partial charge in [0.25, 0.3) is 5.91 Å². The smallest absolute Gasteiger partial charge is 0.409 e. The number of primary amides is 1. The number of sulfone groups is 1. The van der Waals surface area contributed by atoms with E-state index in [9.17, 15) is 56.7 Å². The molecule has 0 aromatic heterocycles. The molecule has 3 aliphatic heterocycles. The van der Waals surface area contributed by atoms with Gasteiger partial charge in [0.15, 0.2) is 15.6 Å². The monoisotopic (exact) mass is 1440 g/mol. The largest absolute Gasteiger partial charge is 0.495 e. The number of urea groups is 1. The van der Waals surface area contributed by atoms with Crippen LogP contribution in [0.25, 0.3) is 0 Å². The lowest BCUT2D eigenvalue weighted by atomic mass is 9.83. The van der Waals surface area contributed by atoms with Crippen molar-refractivity contribution < 1.29 is 80.4 Å². The maximum Gasteiger partial charge on any atom is 0.409 e. The Labute approximate surface area is 553 Å². The maximum absolute atomic E-state index is 14.6. The predicted octanol–water partition coefficient (Wildman–Crippen LogP) is 5.33. The van der Waals surface area contributed by atoms with Gasteiger partial charge in [-0.05, 0) is 94.7 Å². The number of halogens is 3. The minimum Gasteiger partial charge on any atom is -0.495 e. The molecule has 2 aromatic rings. The van der Waals surface area contributed by atoms with Gasteiger partial charge >= 0.3 is 18.1 Å². The molecule has 0 saturated carbocycles. The summed E-state index contributed by atoms with van der Waals surface area (Å²) < 4.78 is 56.5. The molecule has 26 nitrogen and oxygen atoms in total. The van der Waals surface area contributed by atoms with Gasteiger partial charge in [-0.2, -0.15) is 0 Å². The number of carbonyl (C=O) groups is 9. The van der Waals surface area contributed by atoms with Gasteiger partial charge in [-0.3, -0.25) is 34.1 Å². The van der Waals surface area contributed by atoms with E-state index in [0.717, 1.165) is 22.8 Å². The van der Waals surface area contributed by atoms with E-state index in [1.165, 1.54) is 52.3 Å². The molecule has 0 aliphatic carbocycles. The summed E-state index contributed by atoms with van der Waals surface area (Å²) in [6, 6.07) is 2.12. The van der Waals surface area contributed by atoms with Gasteiger partial charge in [-0.15, -0.1) is 0 Å². The van der Waals surface area contributed by atoms with E-state index in [1.54, 1.807) is 58.1 Å². The number of allylic oxidation sites excluding steroid dienone is 3. The van der Waals surface area contributed by atoms with Crippen molar-refractivity contribution in [1.82, 2.24) is 31.5 Å². The van der Waals surface area contributed by atoms with Crippen molar-refractivity contribution in [1.29, 1.82) is 0 Å². The number of alkyl carbamates (subject to hydrolysis) is 1. The van der Waals surface area contributed by atoms with E-state index >= 15 is 0 Å². The van der Waals surface area contributed by atoms with E-state index in [0.29, 0.717) is 48.5 Å². The topological polar surface area (TPSA) is 362 Å². The molecule has 9 N–H and O–H groups in total. The first-order valence-electron chi connectivity index (χ1n) is 29.8. The third-order valence-corrected chi connectivity index (χ3v) is 19.4. The van der Waals surface area contributed by atoms with Crippen LogP contribution < -0.4 is 47.3 Å². The Morgan fingerprint density at radius 1 is 0.967 bits per heavy atom. The number of ether oxygens (including phenoxy) is 5. The summed E-state index contributed by atoms with van der Waals surface area (Å²) in [6.45, 7) is 10.4. The fourth-order valence-electron chi connectivity index (χ4n) is 10.6. The molecule has 0 unspecified atom stereocenters. The van der Waals surface area contributed by atoms with Crippen LogP contribution in [0.4, 0.5) is 21.0 Å². The highest BCUT2D eigenvalue weighted by molar-refractivity contribution is 9.09. The van der Waals surface area contributed by atoms with Crippen molar-refractivity contribution in [3.63, 3.8) is 0 Å². The third kappa shape index (κ3) is 20.3. The molecule has 504 valence electrons. The number of aliphatic hydroxyl groups is 1. The van der Waals surface area contributed by atoms with E-state index in [1.807, 2.05) is 6.92 Å². The average molecular weight is 1440 g/mol. The number of rotatable bonds is 26. The van der Waals surface area contributed by atoms with Crippen LogP contribution in [-0.4, -0.2) is 184 Å². The highest BCUT2D eigenvalue weighted by Crippen LogP contribution is 2.49. The third-order valence-electron chi connectivity index (χ3n) is 16.3. The number of fused-ring (bicyclic) bond motifs is 5. The fraction of sp³-hybridized carbons (Fsp3) is 0.590. The molecule has 91 heavy (non-hydrogen) atoms. The maximum atomic E-state index is 14.6. The Morgan fingerprint density at radius 2 is 1.65 bits per heavy atom. The molecule has 10 atom stereocenters. The Kier molecular flexibility index (Phi) is 27.7. The van der Waals surface area contributed by atoms with Gasteiger partial charge in [0.05, 0.1) is 41.8 Å². The average Bonchev–Trinajstić information content (AvgIpc) is 1.61. The molecule has 9 amide bonds. The van der Waals surface area contributed by atoms with Gasteiger partial charge in [-0.1, -0.05) is 94.5 Å². The van der Waals surface area contributed by atoms with Gasteiger partial charge < -0.3 is 70.9 Å². The molecule has 0 spiro atoms. The number of alkyl halides is 2. The van der Waals surface area contributed by atoms with Crippen molar-refractivity contribution in [3.05, 3.63) is 70.3 Å². The lowest BCUT2D eigenvalue weighted by Gasteiger charge is -2.42. The number of hydrogen-bond acceptors (Lipinski definition) is 17. The van der Waals surface area contributed by atoms with Gasteiger partial charge in [0.1, 0.15) is 52.8 Å². The van der Waals surface area contributed by atoms with Crippen LogP contribution in [0.1, 0.15) is 109 Å². The van der Waals surface area contributed by atoms with Crippen molar-refractivity contribution >= 4 is 118 Å². The van der Waals surface area contributed by atoms with E-state index in [2.05, 4.69) is 63.8 Å². The van der Waals surface area contributed by atoms with E-state index in [-0.39, 0.29) is 71.8 Å². The SMILES string of the molecule is COc1cc2cc(c1Cl)N(C)C(=O)C[C@H](OC(=O)[C@H](C)N(C)C(=O)c1ccc(NC(=O)[C@H](CCCNC(N)=O)NC(=O)[C@@H](NC(=O)CCCCCNC(=O)C(CBr)CBr)C(C)C)c(S(C)(=O)=O)c1)[C@]1(C)O[C@H]1[C@H](C)[C@@H]1C[C@@](O)(NC(=O)O1)[C@H](OC)/C=C/C=C(\C)C2. The highest BCUT2D eigenvalue weighted by atomic mass is 79.9. The van der Waals surface area contributed by atoms with Crippen molar-refractivity contribution in [2.24, 2.45) is 23.5 Å². The number of esters is 1. The zero-order valence-corrected chi connectivity index (χ0v) is 57.8. The van der Waals surface area contributed by atoms with Crippen LogP contribution in [0.5, 0.6) is 5.75 Å². The summed E-state index contributed by atoms with van der Waals surface area (Å²) in [5.74, 6) is -5.68. The number of likely N-dealkylation sites (N-methyl/N-ethyl adjacent to an activating group) is 1. The molecule has 2 fully saturated rings. The Balaban J connectivity index is 1.37.